The van der Waals surface area contributed by atoms with Crippen molar-refractivity contribution in [2.24, 2.45) is 5.73 Å². The summed E-state index contributed by atoms with van der Waals surface area (Å²) in [5.41, 5.74) is 8.90. The Hall–Kier alpha value is -2.20. The fourth-order valence-electron chi connectivity index (χ4n) is 2.78. The molecule has 1 atom stereocenters. The third kappa shape index (κ3) is 2.32. The predicted octanol–water partition coefficient (Wildman–Crippen LogP) is 2.63. The molecule has 2 N–H and O–H groups in total. The van der Waals surface area contributed by atoms with E-state index in [1.165, 1.54) is 5.56 Å². The van der Waals surface area contributed by atoms with Gasteiger partial charge in [-0.15, -0.1) is 0 Å². The molecule has 1 aliphatic rings. The van der Waals surface area contributed by atoms with Gasteiger partial charge < -0.3 is 19.9 Å². The zero-order chi connectivity index (χ0) is 14.8. The Morgan fingerprint density at radius 2 is 1.86 bits per heavy atom. The van der Waals surface area contributed by atoms with Crippen LogP contribution in [-0.2, 0) is 6.42 Å². The van der Waals surface area contributed by atoms with Gasteiger partial charge in [0, 0.05) is 24.1 Å². The molecule has 3 rings (SSSR count). The second-order valence-corrected chi connectivity index (χ2v) is 5.01. The molecule has 4 heteroatoms. The van der Waals surface area contributed by atoms with Crippen molar-refractivity contribution in [2.75, 3.05) is 20.8 Å². The SMILES string of the molecule is COc1cccc(-c2cccc3c2OC(CN)C3)c1OC. The summed E-state index contributed by atoms with van der Waals surface area (Å²) in [5.74, 6) is 2.33. The minimum Gasteiger partial charge on any atom is -0.493 e. The van der Waals surface area contributed by atoms with E-state index in [0.29, 0.717) is 18.0 Å². The Balaban J connectivity index is 2.13. The molecule has 0 aromatic heterocycles. The molecule has 1 heterocycles. The monoisotopic (exact) mass is 285 g/mol. The summed E-state index contributed by atoms with van der Waals surface area (Å²) in [7, 11) is 3.28. The molecule has 1 aliphatic heterocycles. The van der Waals surface area contributed by atoms with E-state index in [1.807, 2.05) is 30.3 Å². The van der Waals surface area contributed by atoms with Crippen molar-refractivity contribution < 1.29 is 14.2 Å². The maximum absolute atomic E-state index is 5.99. The van der Waals surface area contributed by atoms with Gasteiger partial charge >= 0.3 is 0 Å². The fraction of sp³-hybridized carbons (Fsp3) is 0.294. The predicted molar refractivity (Wildman–Crippen MR) is 82.2 cm³/mol. The Bertz CT molecular complexity index is 654. The Kier molecular flexibility index (Phi) is 3.71. The van der Waals surface area contributed by atoms with Gasteiger partial charge in [-0.25, -0.2) is 0 Å². The highest BCUT2D eigenvalue weighted by Gasteiger charge is 2.26. The van der Waals surface area contributed by atoms with Gasteiger partial charge in [0.25, 0.3) is 0 Å². The summed E-state index contributed by atoms with van der Waals surface area (Å²) in [5, 5.41) is 0. The molecule has 0 bridgehead atoms. The average molecular weight is 285 g/mol. The first-order chi connectivity index (χ1) is 10.3. The van der Waals surface area contributed by atoms with Gasteiger partial charge in [-0.2, -0.15) is 0 Å². The number of fused-ring (bicyclic) bond motifs is 1. The summed E-state index contributed by atoms with van der Waals surface area (Å²) in [6.45, 7) is 0.517. The van der Waals surface area contributed by atoms with E-state index in [4.69, 9.17) is 19.9 Å². The molecule has 2 aromatic rings. The first-order valence-corrected chi connectivity index (χ1v) is 6.98. The number of hydrogen-bond donors (Lipinski definition) is 1. The van der Waals surface area contributed by atoms with E-state index >= 15 is 0 Å². The van der Waals surface area contributed by atoms with Crippen molar-refractivity contribution in [2.45, 2.75) is 12.5 Å². The molecule has 0 fully saturated rings. The molecule has 110 valence electrons. The van der Waals surface area contributed by atoms with Crippen LogP contribution in [0.25, 0.3) is 11.1 Å². The largest absolute Gasteiger partial charge is 0.493 e. The van der Waals surface area contributed by atoms with Crippen LogP contribution < -0.4 is 19.9 Å². The van der Waals surface area contributed by atoms with Crippen LogP contribution in [0.3, 0.4) is 0 Å². The standard InChI is InChI=1S/C17H19NO3/c1-19-15-8-4-7-14(17(15)20-2)13-6-3-5-11-9-12(10-18)21-16(11)13/h3-8,12H,9-10,18H2,1-2H3. The Labute approximate surface area is 124 Å². The zero-order valence-electron chi connectivity index (χ0n) is 12.3. The average Bonchev–Trinajstić information content (AvgIpc) is 2.97. The topological polar surface area (TPSA) is 53.7 Å². The van der Waals surface area contributed by atoms with Crippen LogP contribution in [0.4, 0.5) is 0 Å². The van der Waals surface area contributed by atoms with E-state index in [2.05, 4.69) is 6.07 Å². The molecule has 0 spiro atoms. The maximum atomic E-state index is 5.99. The molecule has 0 amide bonds. The second-order valence-electron chi connectivity index (χ2n) is 5.01. The summed E-state index contributed by atoms with van der Waals surface area (Å²) >= 11 is 0. The van der Waals surface area contributed by atoms with Crippen LogP contribution in [0, 0.1) is 0 Å². The number of para-hydroxylation sites is 2. The molecule has 1 unspecified atom stereocenters. The number of benzene rings is 2. The highest BCUT2D eigenvalue weighted by atomic mass is 16.5. The highest BCUT2D eigenvalue weighted by molar-refractivity contribution is 5.80. The lowest BCUT2D eigenvalue weighted by molar-refractivity contribution is 0.242. The smallest absolute Gasteiger partial charge is 0.168 e. The fourth-order valence-corrected chi connectivity index (χ4v) is 2.78. The maximum Gasteiger partial charge on any atom is 0.168 e. The van der Waals surface area contributed by atoms with Gasteiger partial charge in [0.15, 0.2) is 11.5 Å². The minimum absolute atomic E-state index is 0.0535. The van der Waals surface area contributed by atoms with Crippen LogP contribution in [0.2, 0.25) is 0 Å². The second kappa shape index (κ2) is 5.66. The van der Waals surface area contributed by atoms with Gasteiger partial charge in [-0.1, -0.05) is 30.3 Å². The summed E-state index contributed by atoms with van der Waals surface area (Å²) in [6, 6.07) is 12.0. The molecule has 0 radical (unpaired) electrons. The first kappa shape index (κ1) is 13.8. The molecule has 21 heavy (non-hydrogen) atoms. The van der Waals surface area contributed by atoms with Crippen molar-refractivity contribution in [3.05, 3.63) is 42.0 Å². The lowest BCUT2D eigenvalue weighted by Gasteiger charge is -2.15. The number of hydrogen-bond acceptors (Lipinski definition) is 4. The number of ether oxygens (including phenoxy) is 3. The zero-order valence-corrected chi connectivity index (χ0v) is 12.3. The van der Waals surface area contributed by atoms with E-state index in [-0.39, 0.29) is 6.10 Å². The normalized spacial score (nSPS) is 16.2. The van der Waals surface area contributed by atoms with Gasteiger partial charge in [0.2, 0.25) is 0 Å². The van der Waals surface area contributed by atoms with Crippen LogP contribution in [0.15, 0.2) is 36.4 Å². The summed E-state index contributed by atoms with van der Waals surface area (Å²) in [6.07, 6.45) is 0.907. The molecule has 0 saturated heterocycles. The molecule has 0 saturated carbocycles. The van der Waals surface area contributed by atoms with E-state index in [9.17, 15) is 0 Å². The molecular weight excluding hydrogens is 266 g/mol. The van der Waals surface area contributed by atoms with E-state index in [1.54, 1.807) is 14.2 Å². The van der Waals surface area contributed by atoms with Crippen molar-refractivity contribution in [3.8, 4) is 28.4 Å². The van der Waals surface area contributed by atoms with Crippen LogP contribution in [-0.4, -0.2) is 26.9 Å². The lowest BCUT2D eigenvalue weighted by atomic mass is 9.99. The molecule has 2 aromatic carbocycles. The summed E-state index contributed by atoms with van der Waals surface area (Å²) in [4.78, 5) is 0. The quantitative estimate of drug-likeness (QED) is 0.938. The minimum atomic E-state index is 0.0535. The van der Waals surface area contributed by atoms with Crippen molar-refractivity contribution in [1.82, 2.24) is 0 Å². The van der Waals surface area contributed by atoms with E-state index < -0.39 is 0 Å². The molecule has 4 nitrogen and oxygen atoms in total. The molecular formula is C17H19NO3. The number of nitrogens with two attached hydrogens (primary N) is 1. The first-order valence-electron chi connectivity index (χ1n) is 6.98. The van der Waals surface area contributed by atoms with Crippen molar-refractivity contribution in [1.29, 1.82) is 0 Å². The Morgan fingerprint density at radius 3 is 2.57 bits per heavy atom. The summed E-state index contributed by atoms with van der Waals surface area (Å²) < 4.78 is 16.9. The van der Waals surface area contributed by atoms with Crippen LogP contribution >= 0.6 is 0 Å². The Morgan fingerprint density at radius 1 is 1.10 bits per heavy atom. The van der Waals surface area contributed by atoms with Crippen LogP contribution in [0.1, 0.15) is 5.56 Å². The number of methoxy groups -OCH3 is 2. The lowest BCUT2D eigenvalue weighted by Crippen LogP contribution is -2.24. The third-order valence-electron chi connectivity index (χ3n) is 3.78. The van der Waals surface area contributed by atoms with Gasteiger partial charge in [-0.3, -0.25) is 0 Å². The van der Waals surface area contributed by atoms with Gasteiger partial charge in [0.05, 0.1) is 14.2 Å². The third-order valence-corrected chi connectivity index (χ3v) is 3.78. The molecule has 0 aliphatic carbocycles. The van der Waals surface area contributed by atoms with Crippen molar-refractivity contribution in [3.63, 3.8) is 0 Å². The number of rotatable bonds is 4. The highest BCUT2D eigenvalue weighted by Crippen LogP contribution is 2.44. The van der Waals surface area contributed by atoms with Crippen LogP contribution in [0.5, 0.6) is 17.2 Å². The van der Waals surface area contributed by atoms with Gasteiger partial charge in [0.1, 0.15) is 11.9 Å². The van der Waals surface area contributed by atoms with Gasteiger partial charge in [-0.05, 0) is 11.6 Å². The van der Waals surface area contributed by atoms with E-state index in [0.717, 1.165) is 23.3 Å². The van der Waals surface area contributed by atoms with Crippen molar-refractivity contribution >= 4 is 0 Å².